The van der Waals surface area contributed by atoms with Crippen LogP contribution in [0.4, 0.5) is 10.1 Å². The van der Waals surface area contributed by atoms with Gasteiger partial charge >= 0.3 is 5.97 Å². The lowest BCUT2D eigenvalue weighted by Crippen LogP contribution is -2.11. The molecule has 1 atom stereocenters. The van der Waals surface area contributed by atoms with E-state index in [0.29, 0.717) is 17.1 Å². The lowest BCUT2D eigenvalue weighted by Gasteiger charge is -2.10. The second-order valence-electron chi connectivity index (χ2n) is 4.81. The first kappa shape index (κ1) is 15.4. The third kappa shape index (κ3) is 2.53. The van der Waals surface area contributed by atoms with E-state index in [2.05, 4.69) is 9.72 Å². The second kappa shape index (κ2) is 5.58. The van der Waals surface area contributed by atoms with Gasteiger partial charge in [0.1, 0.15) is 5.69 Å². The molecule has 1 aromatic carbocycles. The van der Waals surface area contributed by atoms with Crippen molar-refractivity contribution in [3.8, 4) is 22.8 Å². The van der Waals surface area contributed by atoms with Gasteiger partial charge in [-0.05, 0) is 18.2 Å². The van der Waals surface area contributed by atoms with Crippen LogP contribution >= 0.6 is 11.6 Å². The largest absolute Gasteiger partial charge is 0.464 e. The number of rotatable bonds is 2. The summed E-state index contributed by atoms with van der Waals surface area (Å²) in [4.78, 5) is 15.7. The number of aromatic nitrogens is 1. The fourth-order valence-corrected chi connectivity index (χ4v) is 2.41. The Labute approximate surface area is 135 Å². The van der Waals surface area contributed by atoms with Crippen molar-refractivity contribution in [1.29, 1.82) is 0 Å². The van der Waals surface area contributed by atoms with Gasteiger partial charge in [-0.15, -0.1) is 0 Å². The number of esters is 1. The van der Waals surface area contributed by atoms with E-state index >= 15 is 0 Å². The molecule has 0 radical (unpaired) electrons. The Kier molecular flexibility index (Phi) is 3.73. The van der Waals surface area contributed by atoms with Crippen LogP contribution in [0.25, 0.3) is 11.3 Å². The third-order valence-corrected chi connectivity index (χ3v) is 3.68. The standard InChI is InChI=1S/C15H12ClFN2O4/c1-6-22-8-4-3-7(5-9(8)23-6)13-11(17)12(18)10(16)14(19-13)15(20)21-2/h3-6H,1-2H3,(H2,18,19). The van der Waals surface area contributed by atoms with Crippen molar-refractivity contribution in [2.45, 2.75) is 13.2 Å². The van der Waals surface area contributed by atoms with E-state index in [1.165, 1.54) is 7.11 Å². The van der Waals surface area contributed by atoms with Crippen molar-refractivity contribution in [3.05, 3.63) is 34.7 Å². The zero-order chi connectivity index (χ0) is 16.7. The van der Waals surface area contributed by atoms with E-state index in [-0.39, 0.29) is 22.1 Å². The number of nitrogen functional groups attached to an aromatic ring is 1. The summed E-state index contributed by atoms with van der Waals surface area (Å²) in [5.74, 6) is -0.645. The number of ether oxygens (including phenoxy) is 3. The van der Waals surface area contributed by atoms with Crippen molar-refractivity contribution >= 4 is 23.3 Å². The Hall–Kier alpha value is -2.54. The molecule has 1 unspecified atom stereocenters. The van der Waals surface area contributed by atoms with Crippen LogP contribution in [0.5, 0.6) is 11.5 Å². The summed E-state index contributed by atoms with van der Waals surface area (Å²) < 4.78 is 29.8. The number of pyridine rings is 1. The lowest BCUT2D eigenvalue weighted by atomic mass is 10.1. The van der Waals surface area contributed by atoms with Gasteiger partial charge in [-0.3, -0.25) is 0 Å². The summed E-state index contributed by atoms with van der Waals surface area (Å²) in [7, 11) is 1.17. The van der Waals surface area contributed by atoms with Crippen LogP contribution in [0.1, 0.15) is 17.4 Å². The van der Waals surface area contributed by atoms with Gasteiger partial charge in [-0.1, -0.05) is 11.6 Å². The fraction of sp³-hybridized carbons (Fsp3) is 0.200. The van der Waals surface area contributed by atoms with Gasteiger partial charge in [0.2, 0.25) is 6.29 Å². The first-order chi connectivity index (χ1) is 10.9. The quantitative estimate of drug-likeness (QED) is 0.847. The number of methoxy groups -OCH3 is 1. The van der Waals surface area contributed by atoms with Crippen molar-refractivity contribution < 1.29 is 23.4 Å². The highest BCUT2D eigenvalue weighted by Crippen LogP contribution is 2.39. The van der Waals surface area contributed by atoms with Crippen molar-refractivity contribution in [2.75, 3.05) is 12.8 Å². The van der Waals surface area contributed by atoms with Crippen LogP contribution in [-0.4, -0.2) is 24.4 Å². The van der Waals surface area contributed by atoms with Crippen LogP contribution < -0.4 is 15.2 Å². The number of halogens is 2. The van der Waals surface area contributed by atoms with E-state index in [4.69, 9.17) is 26.8 Å². The average Bonchev–Trinajstić information content (AvgIpc) is 2.91. The number of fused-ring (bicyclic) bond motifs is 1. The summed E-state index contributed by atoms with van der Waals surface area (Å²) >= 11 is 5.87. The van der Waals surface area contributed by atoms with Gasteiger partial charge in [-0.2, -0.15) is 0 Å². The van der Waals surface area contributed by atoms with Crippen LogP contribution in [0.3, 0.4) is 0 Å². The van der Waals surface area contributed by atoms with E-state index < -0.39 is 18.1 Å². The number of benzene rings is 1. The molecule has 0 saturated heterocycles. The summed E-state index contributed by atoms with van der Waals surface area (Å²) in [6.45, 7) is 1.73. The minimum atomic E-state index is -0.824. The van der Waals surface area contributed by atoms with E-state index in [1.54, 1.807) is 25.1 Å². The molecule has 1 aliphatic heterocycles. The predicted molar refractivity (Wildman–Crippen MR) is 81.1 cm³/mol. The summed E-state index contributed by atoms with van der Waals surface area (Å²) in [6.07, 6.45) is -0.432. The van der Waals surface area contributed by atoms with Gasteiger partial charge < -0.3 is 19.9 Å². The third-order valence-electron chi connectivity index (χ3n) is 3.29. The number of hydrogen-bond donors (Lipinski definition) is 1. The molecule has 0 amide bonds. The molecule has 0 bridgehead atoms. The van der Waals surface area contributed by atoms with Crippen LogP contribution in [0.2, 0.25) is 5.02 Å². The predicted octanol–water partition coefficient (Wildman–Crippen LogP) is 3.03. The molecular formula is C15H12ClFN2O4. The number of nitrogens with two attached hydrogens (primary N) is 1. The van der Waals surface area contributed by atoms with E-state index in [9.17, 15) is 9.18 Å². The van der Waals surface area contributed by atoms with Gasteiger partial charge in [-0.25, -0.2) is 14.2 Å². The molecule has 1 aromatic heterocycles. The molecular weight excluding hydrogens is 327 g/mol. The number of carbonyl (C=O) groups is 1. The Balaban J connectivity index is 2.15. The molecule has 2 aromatic rings. The van der Waals surface area contributed by atoms with E-state index in [1.807, 2.05) is 0 Å². The zero-order valence-corrected chi connectivity index (χ0v) is 13.0. The SMILES string of the molecule is COC(=O)c1nc(-c2ccc3c(c2)OC(C)O3)c(F)c(N)c1Cl. The van der Waals surface area contributed by atoms with Crippen LogP contribution in [0, 0.1) is 5.82 Å². The normalized spacial score (nSPS) is 15.6. The topological polar surface area (TPSA) is 83.7 Å². The molecule has 8 heteroatoms. The Morgan fingerprint density at radius 1 is 1.39 bits per heavy atom. The van der Waals surface area contributed by atoms with Crippen molar-refractivity contribution in [2.24, 2.45) is 0 Å². The summed E-state index contributed by atoms with van der Waals surface area (Å²) in [5, 5.41) is -0.285. The van der Waals surface area contributed by atoms with Gasteiger partial charge in [0, 0.05) is 12.5 Å². The Bertz CT molecular complexity index is 813. The maximum Gasteiger partial charge on any atom is 0.358 e. The fourth-order valence-electron chi connectivity index (χ4n) is 2.21. The first-order valence-corrected chi connectivity index (χ1v) is 7.00. The number of nitrogens with zero attached hydrogens (tertiary/aromatic N) is 1. The number of hydrogen-bond acceptors (Lipinski definition) is 6. The summed E-state index contributed by atoms with van der Waals surface area (Å²) in [6, 6.07) is 4.76. The molecule has 0 saturated carbocycles. The molecule has 120 valence electrons. The maximum absolute atomic E-state index is 14.4. The van der Waals surface area contributed by atoms with Crippen molar-refractivity contribution in [1.82, 2.24) is 4.98 Å². The van der Waals surface area contributed by atoms with Crippen molar-refractivity contribution in [3.63, 3.8) is 0 Å². The molecule has 2 heterocycles. The smallest absolute Gasteiger partial charge is 0.358 e. The first-order valence-electron chi connectivity index (χ1n) is 6.63. The van der Waals surface area contributed by atoms with Crippen LogP contribution in [0.15, 0.2) is 18.2 Å². The zero-order valence-electron chi connectivity index (χ0n) is 12.2. The maximum atomic E-state index is 14.4. The lowest BCUT2D eigenvalue weighted by molar-refractivity contribution is 0.0594. The van der Waals surface area contributed by atoms with Crippen LogP contribution in [-0.2, 0) is 4.74 Å². The number of carbonyl (C=O) groups excluding carboxylic acids is 1. The van der Waals surface area contributed by atoms with Gasteiger partial charge in [0.15, 0.2) is 23.0 Å². The highest BCUT2D eigenvalue weighted by Gasteiger charge is 2.25. The molecule has 0 spiro atoms. The highest BCUT2D eigenvalue weighted by atomic mass is 35.5. The molecule has 0 aliphatic carbocycles. The highest BCUT2D eigenvalue weighted by molar-refractivity contribution is 6.35. The molecule has 2 N–H and O–H groups in total. The Morgan fingerprint density at radius 2 is 2.09 bits per heavy atom. The molecule has 6 nitrogen and oxygen atoms in total. The molecule has 0 fully saturated rings. The van der Waals surface area contributed by atoms with E-state index in [0.717, 1.165) is 0 Å². The monoisotopic (exact) mass is 338 g/mol. The summed E-state index contributed by atoms with van der Waals surface area (Å²) in [5.41, 5.74) is 5.25. The Morgan fingerprint density at radius 3 is 2.78 bits per heavy atom. The average molecular weight is 339 g/mol. The molecule has 23 heavy (non-hydrogen) atoms. The van der Waals surface area contributed by atoms with Gasteiger partial charge in [0.25, 0.3) is 0 Å². The van der Waals surface area contributed by atoms with Gasteiger partial charge in [0.05, 0.1) is 17.8 Å². The minimum Gasteiger partial charge on any atom is -0.464 e. The number of anilines is 1. The molecule has 1 aliphatic rings. The second-order valence-corrected chi connectivity index (χ2v) is 5.19. The minimum absolute atomic E-state index is 0.127. The molecule has 3 rings (SSSR count).